The summed E-state index contributed by atoms with van der Waals surface area (Å²) in [4.78, 5) is 37.4. The molecule has 8 nitrogen and oxygen atoms in total. The van der Waals surface area contributed by atoms with Gasteiger partial charge >= 0.3 is 6.18 Å². The SMILES string of the molecule is CCN(CC(=O)Nc1ccccc1C(F)(F)F)C(=O)c1ccc(Nc2ccccc2)c([N+](=O)[O-])c1. The van der Waals surface area contributed by atoms with Gasteiger partial charge in [0.2, 0.25) is 5.91 Å². The minimum atomic E-state index is -4.67. The Morgan fingerprint density at radius 3 is 2.26 bits per heavy atom. The number of anilines is 3. The van der Waals surface area contributed by atoms with E-state index < -0.39 is 40.7 Å². The fourth-order valence-electron chi connectivity index (χ4n) is 3.31. The Bertz CT molecular complexity index is 1230. The minimum absolute atomic E-state index is 0.0411. The van der Waals surface area contributed by atoms with E-state index in [1.165, 1.54) is 24.3 Å². The smallest absolute Gasteiger partial charge is 0.350 e. The first-order valence-electron chi connectivity index (χ1n) is 10.5. The molecule has 0 unspecified atom stereocenters. The van der Waals surface area contributed by atoms with Crippen LogP contribution >= 0.6 is 0 Å². The quantitative estimate of drug-likeness (QED) is 0.325. The minimum Gasteiger partial charge on any atom is -0.350 e. The Kier molecular flexibility index (Phi) is 7.69. The lowest BCUT2D eigenvalue weighted by molar-refractivity contribution is -0.383. The number of rotatable bonds is 8. The summed E-state index contributed by atoms with van der Waals surface area (Å²) in [6.07, 6.45) is -4.67. The van der Waals surface area contributed by atoms with Crippen molar-refractivity contribution in [3.63, 3.8) is 0 Å². The van der Waals surface area contributed by atoms with E-state index in [0.29, 0.717) is 5.69 Å². The van der Waals surface area contributed by atoms with Gasteiger partial charge in [-0.15, -0.1) is 0 Å². The monoisotopic (exact) mass is 486 g/mol. The van der Waals surface area contributed by atoms with Gasteiger partial charge in [0.15, 0.2) is 0 Å². The van der Waals surface area contributed by atoms with Crippen molar-refractivity contribution < 1.29 is 27.7 Å². The van der Waals surface area contributed by atoms with E-state index in [-0.39, 0.29) is 23.5 Å². The van der Waals surface area contributed by atoms with Gasteiger partial charge in [-0.3, -0.25) is 19.7 Å². The standard InChI is InChI=1S/C24H21F3N4O4/c1-2-30(15-22(32)29-19-11-7-6-10-18(19)24(25,26)27)23(33)16-12-13-20(21(14-16)31(34)35)28-17-8-4-3-5-9-17/h3-14,28H,2,15H2,1H3,(H,29,32). The molecule has 0 aliphatic carbocycles. The summed E-state index contributed by atoms with van der Waals surface area (Å²) in [5.74, 6) is -1.52. The van der Waals surface area contributed by atoms with Gasteiger partial charge in [0.05, 0.1) is 16.2 Å². The van der Waals surface area contributed by atoms with Crippen LogP contribution in [0.1, 0.15) is 22.8 Å². The van der Waals surface area contributed by atoms with Crippen molar-refractivity contribution in [2.24, 2.45) is 0 Å². The van der Waals surface area contributed by atoms with E-state index in [1.54, 1.807) is 37.3 Å². The molecule has 0 bridgehead atoms. The maximum Gasteiger partial charge on any atom is 0.418 e. The molecule has 11 heteroatoms. The Balaban J connectivity index is 1.78. The van der Waals surface area contributed by atoms with E-state index in [2.05, 4.69) is 10.6 Å². The summed E-state index contributed by atoms with van der Waals surface area (Å²) in [5.41, 5.74) is -1.05. The Morgan fingerprint density at radius 1 is 0.971 bits per heavy atom. The van der Waals surface area contributed by atoms with Crippen LogP contribution < -0.4 is 10.6 Å². The molecule has 182 valence electrons. The van der Waals surface area contributed by atoms with Crippen molar-refractivity contribution in [1.29, 1.82) is 0 Å². The number of nitrogens with one attached hydrogen (secondary N) is 2. The zero-order valence-corrected chi connectivity index (χ0v) is 18.5. The summed E-state index contributed by atoms with van der Waals surface area (Å²) in [5, 5.41) is 16.7. The van der Waals surface area contributed by atoms with Crippen LogP contribution in [0.4, 0.5) is 35.9 Å². The number of carbonyl (C=O) groups is 2. The molecule has 0 saturated heterocycles. The summed E-state index contributed by atoms with van der Waals surface area (Å²) in [6.45, 7) is 1.08. The highest BCUT2D eigenvalue weighted by atomic mass is 19.4. The van der Waals surface area contributed by atoms with Crippen molar-refractivity contribution >= 4 is 34.6 Å². The van der Waals surface area contributed by atoms with Crippen LogP contribution in [0.5, 0.6) is 0 Å². The highest BCUT2D eigenvalue weighted by Gasteiger charge is 2.33. The van der Waals surface area contributed by atoms with Crippen LogP contribution in [0.3, 0.4) is 0 Å². The van der Waals surface area contributed by atoms with Gasteiger partial charge in [-0.25, -0.2) is 0 Å². The van der Waals surface area contributed by atoms with Gasteiger partial charge in [-0.1, -0.05) is 30.3 Å². The van der Waals surface area contributed by atoms with Crippen LogP contribution in [0.25, 0.3) is 0 Å². The first kappa shape index (κ1) is 25.2. The summed E-state index contributed by atoms with van der Waals surface area (Å²) in [7, 11) is 0. The summed E-state index contributed by atoms with van der Waals surface area (Å²) >= 11 is 0. The maximum absolute atomic E-state index is 13.2. The van der Waals surface area contributed by atoms with Crippen molar-refractivity contribution in [2.75, 3.05) is 23.7 Å². The van der Waals surface area contributed by atoms with E-state index in [1.807, 2.05) is 0 Å². The predicted molar refractivity (Wildman–Crippen MR) is 124 cm³/mol. The summed E-state index contributed by atoms with van der Waals surface area (Å²) < 4.78 is 39.5. The number of alkyl halides is 3. The largest absolute Gasteiger partial charge is 0.418 e. The zero-order valence-electron chi connectivity index (χ0n) is 18.5. The summed E-state index contributed by atoms with van der Waals surface area (Å²) in [6, 6.07) is 17.1. The van der Waals surface area contributed by atoms with Crippen LogP contribution in [0.2, 0.25) is 0 Å². The molecule has 3 rings (SSSR count). The van der Waals surface area contributed by atoms with E-state index in [4.69, 9.17) is 0 Å². The van der Waals surface area contributed by atoms with Crippen LogP contribution in [0, 0.1) is 10.1 Å². The molecule has 0 radical (unpaired) electrons. The number of amides is 2. The van der Waals surface area contributed by atoms with Crippen molar-refractivity contribution in [3.8, 4) is 0 Å². The number of likely N-dealkylation sites (N-methyl/N-ethyl adjacent to an activating group) is 1. The lowest BCUT2D eigenvalue weighted by Crippen LogP contribution is -2.38. The third kappa shape index (κ3) is 6.34. The number of para-hydroxylation sites is 2. The highest BCUT2D eigenvalue weighted by molar-refractivity contribution is 6.00. The Labute approximate surface area is 198 Å². The molecule has 0 fully saturated rings. The normalized spacial score (nSPS) is 11.0. The molecule has 2 N–H and O–H groups in total. The fraction of sp³-hybridized carbons (Fsp3) is 0.167. The number of hydrogen-bond donors (Lipinski definition) is 2. The number of hydrogen-bond acceptors (Lipinski definition) is 5. The molecule has 0 heterocycles. The fourth-order valence-corrected chi connectivity index (χ4v) is 3.31. The van der Waals surface area contributed by atoms with Crippen molar-refractivity contribution in [2.45, 2.75) is 13.1 Å². The number of halogens is 3. The second-order valence-corrected chi connectivity index (χ2v) is 7.39. The van der Waals surface area contributed by atoms with Crippen molar-refractivity contribution in [3.05, 3.63) is 94.0 Å². The zero-order chi connectivity index (χ0) is 25.6. The average Bonchev–Trinajstić information content (AvgIpc) is 2.82. The molecule has 0 aliphatic rings. The van der Waals surface area contributed by atoms with Gasteiger partial charge in [-0.05, 0) is 43.3 Å². The van der Waals surface area contributed by atoms with Crippen molar-refractivity contribution in [1.82, 2.24) is 4.90 Å². The molecule has 0 saturated carbocycles. The van der Waals surface area contributed by atoms with Gasteiger partial charge in [0.25, 0.3) is 11.6 Å². The first-order valence-corrected chi connectivity index (χ1v) is 10.5. The predicted octanol–water partition coefficient (Wildman–Crippen LogP) is 5.46. The number of benzene rings is 3. The van der Waals surface area contributed by atoms with E-state index >= 15 is 0 Å². The Morgan fingerprint density at radius 2 is 1.63 bits per heavy atom. The molecule has 0 aliphatic heterocycles. The second-order valence-electron chi connectivity index (χ2n) is 7.39. The third-order valence-electron chi connectivity index (χ3n) is 5.00. The molecule has 0 spiro atoms. The second kappa shape index (κ2) is 10.7. The Hall–Kier alpha value is -4.41. The lowest BCUT2D eigenvalue weighted by atomic mass is 10.1. The average molecular weight is 486 g/mol. The van der Waals surface area contributed by atoms with Gasteiger partial charge < -0.3 is 15.5 Å². The molecular weight excluding hydrogens is 465 g/mol. The highest BCUT2D eigenvalue weighted by Crippen LogP contribution is 2.34. The van der Waals surface area contributed by atoms with Crippen LogP contribution in [-0.2, 0) is 11.0 Å². The molecule has 3 aromatic rings. The van der Waals surface area contributed by atoms with E-state index in [0.717, 1.165) is 23.1 Å². The molecular formula is C24H21F3N4O4. The number of carbonyl (C=O) groups excluding carboxylic acids is 2. The van der Waals surface area contributed by atoms with Crippen LogP contribution in [0.15, 0.2) is 72.8 Å². The number of nitrogens with zero attached hydrogens (tertiary/aromatic N) is 2. The van der Waals surface area contributed by atoms with Crippen LogP contribution in [-0.4, -0.2) is 34.7 Å². The molecule has 0 aromatic heterocycles. The van der Waals surface area contributed by atoms with E-state index in [9.17, 15) is 32.9 Å². The topological polar surface area (TPSA) is 105 Å². The van der Waals surface area contributed by atoms with Gasteiger partial charge in [-0.2, -0.15) is 13.2 Å². The lowest BCUT2D eigenvalue weighted by Gasteiger charge is -2.21. The van der Waals surface area contributed by atoms with Gasteiger partial charge in [0, 0.05) is 23.9 Å². The molecule has 0 atom stereocenters. The van der Waals surface area contributed by atoms with Gasteiger partial charge in [0.1, 0.15) is 12.2 Å². The molecule has 35 heavy (non-hydrogen) atoms. The first-order chi connectivity index (χ1) is 16.6. The maximum atomic E-state index is 13.2. The molecule has 2 amide bonds. The third-order valence-corrected chi connectivity index (χ3v) is 5.00. The molecule has 3 aromatic carbocycles. The number of nitro groups is 1. The number of nitro benzene ring substituents is 1.